The summed E-state index contributed by atoms with van der Waals surface area (Å²) in [6.07, 6.45) is 0.595. The van der Waals surface area contributed by atoms with E-state index >= 15 is 0 Å². The summed E-state index contributed by atoms with van der Waals surface area (Å²) >= 11 is 7.08. The molecule has 1 aliphatic heterocycles. The van der Waals surface area contributed by atoms with Crippen LogP contribution in [-0.2, 0) is 16.6 Å². The number of nitrogens with one attached hydrogen (secondary N) is 2. The van der Waals surface area contributed by atoms with Crippen molar-refractivity contribution in [1.29, 1.82) is 0 Å². The maximum absolute atomic E-state index is 12.7. The summed E-state index contributed by atoms with van der Waals surface area (Å²) in [5, 5.41) is 5.69. The van der Waals surface area contributed by atoms with Gasteiger partial charge >= 0.3 is 0 Å². The molecule has 0 saturated carbocycles. The first-order valence-electron chi connectivity index (χ1n) is 9.87. The average Bonchev–Trinajstić information content (AvgIpc) is 3.37. The Balaban J connectivity index is 1.43. The summed E-state index contributed by atoms with van der Waals surface area (Å²) < 4.78 is 26.1. The zero-order chi connectivity index (χ0) is 22.7. The SMILES string of the molecule is O=C(Nc1ccccc1CNC(=O)c1ccc(Cl)s1)c1ccc(N2CCCS2(=O)=O)cc1. The lowest BCUT2D eigenvalue weighted by Gasteiger charge is -2.17. The lowest BCUT2D eigenvalue weighted by Crippen LogP contribution is -2.25. The van der Waals surface area contributed by atoms with Crippen LogP contribution in [0.5, 0.6) is 0 Å². The molecule has 0 unspecified atom stereocenters. The lowest BCUT2D eigenvalue weighted by molar-refractivity contribution is 0.0954. The minimum Gasteiger partial charge on any atom is -0.347 e. The first-order chi connectivity index (χ1) is 15.3. The Bertz CT molecular complexity index is 1260. The molecule has 0 spiro atoms. The van der Waals surface area contributed by atoms with Crippen molar-refractivity contribution < 1.29 is 18.0 Å². The van der Waals surface area contributed by atoms with Gasteiger partial charge in [0.15, 0.2) is 0 Å². The summed E-state index contributed by atoms with van der Waals surface area (Å²) in [4.78, 5) is 25.5. The summed E-state index contributed by atoms with van der Waals surface area (Å²) in [5.41, 5.74) is 2.28. The number of sulfonamides is 1. The highest BCUT2D eigenvalue weighted by Gasteiger charge is 2.28. The van der Waals surface area contributed by atoms with Gasteiger partial charge in [-0.25, -0.2) is 8.42 Å². The summed E-state index contributed by atoms with van der Waals surface area (Å²) in [6.45, 7) is 0.682. The number of carbonyl (C=O) groups is 2. The molecule has 166 valence electrons. The van der Waals surface area contributed by atoms with Crippen molar-refractivity contribution in [3.8, 4) is 0 Å². The van der Waals surface area contributed by atoms with Crippen LogP contribution in [0.1, 0.15) is 32.0 Å². The van der Waals surface area contributed by atoms with Crippen molar-refractivity contribution in [1.82, 2.24) is 5.32 Å². The Kier molecular flexibility index (Phi) is 6.50. The Hall–Kier alpha value is -2.88. The Morgan fingerprint density at radius 3 is 2.41 bits per heavy atom. The van der Waals surface area contributed by atoms with Crippen LogP contribution in [0.15, 0.2) is 60.7 Å². The molecular weight excluding hydrogens is 470 g/mol. The van der Waals surface area contributed by atoms with Crippen molar-refractivity contribution >= 4 is 56.2 Å². The molecule has 1 saturated heterocycles. The standard InChI is InChI=1S/C22H20ClN3O4S2/c23-20-11-10-19(31-20)22(28)24-14-16-4-1-2-5-18(16)25-21(27)15-6-8-17(9-7-15)26-12-3-13-32(26,29)30/h1-2,4-11H,3,12-14H2,(H,24,28)(H,25,27). The number of anilines is 2. The van der Waals surface area contributed by atoms with E-state index in [-0.39, 0.29) is 24.1 Å². The topological polar surface area (TPSA) is 95.6 Å². The number of hydrogen-bond acceptors (Lipinski definition) is 5. The maximum atomic E-state index is 12.7. The van der Waals surface area contributed by atoms with Crippen LogP contribution >= 0.6 is 22.9 Å². The van der Waals surface area contributed by atoms with E-state index in [1.54, 1.807) is 48.5 Å². The van der Waals surface area contributed by atoms with Crippen LogP contribution in [0.25, 0.3) is 0 Å². The van der Waals surface area contributed by atoms with E-state index in [9.17, 15) is 18.0 Å². The molecule has 3 aromatic rings. The lowest BCUT2D eigenvalue weighted by atomic mass is 10.1. The highest BCUT2D eigenvalue weighted by Crippen LogP contribution is 2.25. The smallest absolute Gasteiger partial charge is 0.261 e. The number of thiophene rings is 1. The van der Waals surface area contributed by atoms with Crippen LogP contribution in [0.3, 0.4) is 0 Å². The van der Waals surface area contributed by atoms with Crippen molar-refractivity contribution in [2.24, 2.45) is 0 Å². The molecule has 0 atom stereocenters. The maximum Gasteiger partial charge on any atom is 0.261 e. The fraction of sp³-hybridized carbons (Fsp3) is 0.182. The van der Waals surface area contributed by atoms with Crippen LogP contribution in [0, 0.1) is 0 Å². The van der Waals surface area contributed by atoms with E-state index in [0.29, 0.717) is 39.1 Å². The minimum absolute atomic E-state index is 0.141. The van der Waals surface area contributed by atoms with Gasteiger partial charge in [-0.2, -0.15) is 0 Å². The van der Waals surface area contributed by atoms with E-state index in [1.807, 2.05) is 12.1 Å². The second kappa shape index (κ2) is 9.32. The van der Waals surface area contributed by atoms with Gasteiger partial charge in [-0.15, -0.1) is 11.3 Å². The zero-order valence-electron chi connectivity index (χ0n) is 16.9. The normalized spacial score (nSPS) is 14.8. The van der Waals surface area contributed by atoms with Crippen LogP contribution in [0.2, 0.25) is 4.34 Å². The van der Waals surface area contributed by atoms with E-state index < -0.39 is 10.0 Å². The number of amides is 2. The van der Waals surface area contributed by atoms with Gasteiger partial charge in [0.2, 0.25) is 10.0 Å². The third-order valence-corrected chi connectivity index (χ3v) is 8.12. The molecule has 10 heteroatoms. The Morgan fingerprint density at radius 1 is 1.00 bits per heavy atom. The predicted octanol–water partition coefficient (Wildman–Crippen LogP) is 4.12. The van der Waals surface area contributed by atoms with Gasteiger partial charge in [-0.05, 0) is 54.4 Å². The molecule has 2 heterocycles. The van der Waals surface area contributed by atoms with E-state index in [4.69, 9.17) is 11.6 Å². The van der Waals surface area contributed by atoms with Crippen LogP contribution < -0.4 is 14.9 Å². The highest BCUT2D eigenvalue weighted by atomic mass is 35.5. The molecule has 32 heavy (non-hydrogen) atoms. The number of halogens is 1. The molecule has 1 aliphatic rings. The highest BCUT2D eigenvalue weighted by molar-refractivity contribution is 7.93. The first kappa shape index (κ1) is 22.3. The number of benzene rings is 2. The third-order valence-electron chi connectivity index (χ3n) is 5.02. The third kappa shape index (κ3) is 4.95. The summed E-state index contributed by atoms with van der Waals surface area (Å²) in [7, 11) is -3.27. The van der Waals surface area contributed by atoms with E-state index in [0.717, 1.165) is 5.56 Å². The number of nitrogens with zero attached hydrogens (tertiary/aromatic N) is 1. The van der Waals surface area contributed by atoms with Gasteiger partial charge in [0.1, 0.15) is 0 Å². The molecule has 2 aromatic carbocycles. The van der Waals surface area contributed by atoms with E-state index in [2.05, 4.69) is 10.6 Å². The largest absolute Gasteiger partial charge is 0.347 e. The van der Waals surface area contributed by atoms with Crippen molar-refractivity contribution in [2.75, 3.05) is 21.9 Å². The van der Waals surface area contributed by atoms with Crippen molar-refractivity contribution in [3.05, 3.63) is 81.0 Å². The second-order valence-electron chi connectivity index (χ2n) is 7.19. The fourth-order valence-corrected chi connectivity index (χ4v) is 5.92. The molecular formula is C22H20ClN3O4S2. The van der Waals surface area contributed by atoms with E-state index in [1.165, 1.54) is 15.6 Å². The van der Waals surface area contributed by atoms with Gasteiger partial charge in [0.25, 0.3) is 11.8 Å². The molecule has 0 bridgehead atoms. The Morgan fingerprint density at radius 2 is 1.75 bits per heavy atom. The predicted molar refractivity (Wildman–Crippen MR) is 127 cm³/mol. The summed E-state index contributed by atoms with van der Waals surface area (Å²) in [6, 6.07) is 17.0. The number of hydrogen-bond donors (Lipinski definition) is 2. The van der Waals surface area contributed by atoms with Gasteiger partial charge in [-0.3, -0.25) is 13.9 Å². The minimum atomic E-state index is -3.27. The molecule has 2 amide bonds. The van der Waals surface area contributed by atoms with Crippen LogP contribution in [-0.4, -0.2) is 32.5 Å². The Labute approximate surface area is 195 Å². The molecule has 4 rings (SSSR count). The number of rotatable bonds is 6. The second-order valence-corrected chi connectivity index (χ2v) is 10.9. The molecule has 1 fully saturated rings. The van der Waals surface area contributed by atoms with Gasteiger partial charge in [-0.1, -0.05) is 29.8 Å². The van der Waals surface area contributed by atoms with Crippen LogP contribution in [0.4, 0.5) is 11.4 Å². The van der Waals surface area contributed by atoms with Gasteiger partial charge < -0.3 is 10.6 Å². The van der Waals surface area contributed by atoms with Gasteiger partial charge in [0.05, 0.1) is 20.7 Å². The number of para-hydroxylation sites is 1. The molecule has 0 aliphatic carbocycles. The summed E-state index contributed by atoms with van der Waals surface area (Å²) in [5.74, 6) is -0.428. The quantitative estimate of drug-likeness (QED) is 0.544. The van der Waals surface area contributed by atoms with Crippen molar-refractivity contribution in [2.45, 2.75) is 13.0 Å². The molecule has 1 aromatic heterocycles. The van der Waals surface area contributed by atoms with Gasteiger partial charge in [0, 0.05) is 24.3 Å². The molecule has 2 N–H and O–H groups in total. The number of carbonyl (C=O) groups excluding carboxylic acids is 2. The fourth-order valence-electron chi connectivity index (χ4n) is 3.40. The molecule has 7 nitrogen and oxygen atoms in total. The monoisotopic (exact) mass is 489 g/mol. The average molecular weight is 490 g/mol. The zero-order valence-corrected chi connectivity index (χ0v) is 19.3. The van der Waals surface area contributed by atoms with Crippen molar-refractivity contribution in [3.63, 3.8) is 0 Å². The first-order valence-corrected chi connectivity index (χ1v) is 12.7. The molecule has 0 radical (unpaired) electrons.